The van der Waals surface area contributed by atoms with Crippen LogP contribution in [0.25, 0.3) is 0 Å². The summed E-state index contributed by atoms with van der Waals surface area (Å²) in [6.45, 7) is 1.33. The van der Waals surface area contributed by atoms with E-state index in [0.29, 0.717) is 17.0 Å². The van der Waals surface area contributed by atoms with Gasteiger partial charge in [-0.1, -0.05) is 72.8 Å². The number of anilines is 1. The van der Waals surface area contributed by atoms with Crippen molar-refractivity contribution >= 4 is 62.3 Å². The Morgan fingerprint density at radius 2 is 1.67 bits per heavy atom. The summed E-state index contributed by atoms with van der Waals surface area (Å²) < 4.78 is 26.3. The molecule has 2 aromatic carbocycles. The van der Waals surface area contributed by atoms with Crippen LogP contribution in [-0.4, -0.2) is 50.0 Å². The molecule has 2 amide bonds. The largest absolute Gasteiger partial charge is 0.352 e. The third kappa shape index (κ3) is 7.51. The van der Waals surface area contributed by atoms with E-state index in [1.807, 2.05) is 6.92 Å². The van der Waals surface area contributed by atoms with Gasteiger partial charge in [0.2, 0.25) is 21.8 Å². The van der Waals surface area contributed by atoms with Crippen LogP contribution in [0.4, 0.5) is 5.69 Å². The van der Waals surface area contributed by atoms with Crippen LogP contribution in [-0.2, 0) is 26.2 Å². The Labute approximate surface area is 227 Å². The zero-order chi connectivity index (χ0) is 26.5. The Morgan fingerprint density at radius 3 is 2.22 bits per heavy atom. The van der Waals surface area contributed by atoms with Crippen molar-refractivity contribution < 1.29 is 18.0 Å². The number of halogens is 3. The van der Waals surface area contributed by atoms with E-state index in [4.69, 9.17) is 34.8 Å². The molecule has 0 bridgehead atoms. The van der Waals surface area contributed by atoms with E-state index in [2.05, 4.69) is 5.32 Å². The molecule has 0 unspecified atom stereocenters. The second-order valence-electron chi connectivity index (χ2n) is 8.92. The van der Waals surface area contributed by atoms with E-state index < -0.39 is 28.5 Å². The number of carbonyl (C=O) groups excluding carboxylic acids is 2. The Bertz CT molecular complexity index is 1180. The van der Waals surface area contributed by atoms with Crippen molar-refractivity contribution in [3.8, 4) is 0 Å². The Kier molecular flexibility index (Phi) is 9.92. The van der Waals surface area contributed by atoms with E-state index in [-0.39, 0.29) is 34.2 Å². The lowest BCUT2D eigenvalue weighted by Gasteiger charge is -2.33. The summed E-state index contributed by atoms with van der Waals surface area (Å²) in [5.41, 5.74) is 0.806. The summed E-state index contributed by atoms with van der Waals surface area (Å²) >= 11 is 18.6. The van der Waals surface area contributed by atoms with Gasteiger partial charge in [0.25, 0.3) is 0 Å². The lowest BCUT2D eigenvalue weighted by molar-refractivity contribution is -0.140. The van der Waals surface area contributed by atoms with Crippen LogP contribution in [0.5, 0.6) is 0 Å². The monoisotopic (exact) mass is 573 g/mol. The maximum atomic E-state index is 13.7. The number of rotatable bonds is 10. The molecular weight excluding hydrogens is 545 g/mol. The van der Waals surface area contributed by atoms with Gasteiger partial charge in [-0.25, -0.2) is 8.42 Å². The fourth-order valence-corrected chi connectivity index (χ4v) is 5.94. The molecule has 1 N–H and O–H groups in total. The molecule has 1 atom stereocenters. The average Bonchev–Trinajstić information content (AvgIpc) is 3.30. The van der Waals surface area contributed by atoms with Crippen molar-refractivity contribution in [1.29, 1.82) is 0 Å². The molecule has 1 aliphatic rings. The fourth-order valence-electron chi connectivity index (χ4n) is 4.39. The highest BCUT2D eigenvalue weighted by Crippen LogP contribution is 2.28. The van der Waals surface area contributed by atoms with Crippen LogP contribution >= 0.6 is 34.8 Å². The van der Waals surface area contributed by atoms with Crippen LogP contribution in [0.2, 0.25) is 15.1 Å². The quantitative estimate of drug-likeness (QED) is 0.418. The molecule has 1 aliphatic carbocycles. The fraction of sp³-hybridized carbons (Fsp3) is 0.440. The van der Waals surface area contributed by atoms with Crippen molar-refractivity contribution in [3.05, 3.63) is 63.1 Å². The van der Waals surface area contributed by atoms with Gasteiger partial charge in [-0.15, -0.1) is 0 Å². The molecule has 1 saturated carbocycles. The molecule has 196 valence electrons. The number of benzene rings is 2. The van der Waals surface area contributed by atoms with Crippen LogP contribution in [0.15, 0.2) is 42.5 Å². The number of carbonyl (C=O) groups is 2. The topological polar surface area (TPSA) is 86.8 Å². The van der Waals surface area contributed by atoms with E-state index in [0.717, 1.165) is 36.2 Å². The minimum Gasteiger partial charge on any atom is -0.352 e. The SMILES string of the molecule is CC[C@H](C(=O)NC1CCCC1)N(Cc1ccccc1Cl)C(=O)CN(c1cc(Cl)cc(Cl)c1)S(C)(=O)=O. The molecule has 0 aliphatic heterocycles. The summed E-state index contributed by atoms with van der Waals surface area (Å²) in [5.74, 6) is -0.814. The minimum atomic E-state index is -3.89. The van der Waals surface area contributed by atoms with Gasteiger partial charge >= 0.3 is 0 Å². The second kappa shape index (κ2) is 12.5. The Morgan fingerprint density at radius 1 is 1.06 bits per heavy atom. The maximum Gasteiger partial charge on any atom is 0.244 e. The molecule has 0 spiro atoms. The van der Waals surface area contributed by atoms with Gasteiger partial charge in [0.05, 0.1) is 11.9 Å². The third-order valence-electron chi connectivity index (χ3n) is 6.20. The number of hydrogen-bond donors (Lipinski definition) is 1. The van der Waals surface area contributed by atoms with Crippen molar-refractivity contribution in [3.63, 3.8) is 0 Å². The molecule has 11 heteroatoms. The van der Waals surface area contributed by atoms with Gasteiger partial charge < -0.3 is 10.2 Å². The first-order valence-corrected chi connectivity index (χ1v) is 14.7. The summed E-state index contributed by atoms with van der Waals surface area (Å²) in [6.07, 6.45) is 5.25. The number of sulfonamides is 1. The van der Waals surface area contributed by atoms with E-state index in [1.165, 1.54) is 23.1 Å². The normalized spacial score (nSPS) is 14.9. The van der Waals surface area contributed by atoms with E-state index in [9.17, 15) is 18.0 Å². The predicted molar refractivity (Wildman–Crippen MR) is 145 cm³/mol. The molecule has 3 rings (SSSR count). The van der Waals surface area contributed by atoms with Gasteiger partial charge in [-0.05, 0) is 49.1 Å². The summed E-state index contributed by atoms with van der Waals surface area (Å²) in [6, 6.07) is 10.6. The van der Waals surface area contributed by atoms with Crippen LogP contribution in [0.3, 0.4) is 0 Å². The minimum absolute atomic E-state index is 0.0446. The Balaban J connectivity index is 1.95. The lowest BCUT2D eigenvalue weighted by Crippen LogP contribution is -2.53. The molecule has 0 radical (unpaired) electrons. The highest BCUT2D eigenvalue weighted by Gasteiger charge is 2.33. The maximum absolute atomic E-state index is 13.7. The summed E-state index contributed by atoms with van der Waals surface area (Å²) in [4.78, 5) is 28.4. The molecule has 0 heterocycles. The molecule has 0 aromatic heterocycles. The number of hydrogen-bond acceptors (Lipinski definition) is 4. The molecule has 2 aromatic rings. The van der Waals surface area contributed by atoms with Gasteiger partial charge in [-0.2, -0.15) is 0 Å². The summed E-state index contributed by atoms with van der Waals surface area (Å²) in [5, 5.41) is 3.97. The predicted octanol–water partition coefficient (Wildman–Crippen LogP) is 5.28. The summed E-state index contributed by atoms with van der Waals surface area (Å²) in [7, 11) is -3.89. The van der Waals surface area contributed by atoms with E-state index in [1.54, 1.807) is 24.3 Å². The van der Waals surface area contributed by atoms with Crippen molar-refractivity contribution in [2.75, 3.05) is 17.1 Å². The molecular formula is C25H30Cl3N3O4S. The van der Waals surface area contributed by atoms with Crippen molar-refractivity contribution in [1.82, 2.24) is 10.2 Å². The third-order valence-corrected chi connectivity index (χ3v) is 8.15. The molecule has 0 saturated heterocycles. The molecule has 7 nitrogen and oxygen atoms in total. The number of nitrogens with one attached hydrogen (secondary N) is 1. The zero-order valence-corrected chi connectivity index (χ0v) is 23.3. The standard InChI is InChI=1S/C25H30Cl3N3O4S/c1-3-23(25(33)29-20-9-5-6-10-20)30(15-17-8-4-7-11-22(17)28)24(32)16-31(36(2,34)35)21-13-18(26)12-19(27)14-21/h4,7-8,11-14,20,23H,3,5-6,9-10,15-16H2,1-2H3,(H,29,33)/t23-/m1/s1. The second-order valence-corrected chi connectivity index (χ2v) is 12.1. The Hall–Kier alpha value is -2.00. The molecule has 36 heavy (non-hydrogen) atoms. The highest BCUT2D eigenvalue weighted by atomic mass is 35.5. The zero-order valence-electron chi connectivity index (χ0n) is 20.2. The van der Waals surface area contributed by atoms with Crippen LogP contribution in [0.1, 0.15) is 44.6 Å². The smallest absolute Gasteiger partial charge is 0.244 e. The number of nitrogens with zero attached hydrogens (tertiary/aromatic N) is 2. The lowest BCUT2D eigenvalue weighted by atomic mass is 10.1. The molecule has 1 fully saturated rings. The van der Waals surface area contributed by atoms with Crippen LogP contribution < -0.4 is 9.62 Å². The van der Waals surface area contributed by atoms with E-state index >= 15 is 0 Å². The van der Waals surface area contributed by atoms with Crippen molar-refractivity contribution in [2.45, 2.75) is 57.7 Å². The average molecular weight is 575 g/mol. The number of amides is 2. The van der Waals surface area contributed by atoms with Crippen LogP contribution in [0, 0.1) is 0 Å². The first-order valence-electron chi connectivity index (χ1n) is 11.8. The van der Waals surface area contributed by atoms with Gasteiger partial charge in [0, 0.05) is 27.7 Å². The van der Waals surface area contributed by atoms with Gasteiger partial charge in [0.15, 0.2) is 0 Å². The first-order chi connectivity index (χ1) is 17.0. The first kappa shape index (κ1) is 28.6. The van der Waals surface area contributed by atoms with Gasteiger partial charge in [-0.3, -0.25) is 13.9 Å². The van der Waals surface area contributed by atoms with Crippen molar-refractivity contribution in [2.24, 2.45) is 0 Å². The van der Waals surface area contributed by atoms with Gasteiger partial charge in [0.1, 0.15) is 12.6 Å². The highest BCUT2D eigenvalue weighted by molar-refractivity contribution is 7.92.